The van der Waals surface area contributed by atoms with Gasteiger partial charge in [0.25, 0.3) is 0 Å². The van der Waals surface area contributed by atoms with Crippen LogP contribution in [0.25, 0.3) is 0 Å². The molecule has 1 rings (SSSR count). The van der Waals surface area contributed by atoms with Crippen LogP contribution in [-0.2, 0) is 22.5 Å². The van der Waals surface area contributed by atoms with Crippen molar-refractivity contribution in [3.63, 3.8) is 0 Å². The lowest BCUT2D eigenvalue weighted by Gasteiger charge is -2.18. The lowest BCUT2D eigenvalue weighted by atomic mass is 10.0. The number of rotatable bonds is 6. The van der Waals surface area contributed by atoms with E-state index in [4.69, 9.17) is 4.74 Å². The lowest BCUT2D eigenvalue weighted by Crippen LogP contribution is -2.36. The normalized spacial score (nSPS) is 14.4. The van der Waals surface area contributed by atoms with Crippen molar-refractivity contribution in [1.29, 1.82) is 0 Å². The first-order chi connectivity index (χ1) is 8.08. The average Bonchev–Trinajstić information content (AvgIpc) is 2.81. The van der Waals surface area contributed by atoms with Gasteiger partial charge in [-0.2, -0.15) is 0 Å². The molecule has 1 N–H and O–H groups in total. The molecule has 1 heterocycles. The van der Waals surface area contributed by atoms with Gasteiger partial charge < -0.3 is 10.1 Å². The van der Waals surface area contributed by atoms with E-state index in [0.717, 1.165) is 13.0 Å². The Hall–Kier alpha value is -0.870. The fourth-order valence-corrected chi connectivity index (χ4v) is 2.44. The smallest absolute Gasteiger partial charge is 0.309 e. The highest BCUT2D eigenvalue weighted by molar-refractivity contribution is 7.11. The Morgan fingerprint density at radius 2 is 2.06 bits per heavy atom. The molecule has 0 aliphatic rings. The number of nitrogens with one attached hydrogen (secondary N) is 1. The van der Waals surface area contributed by atoms with E-state index in [-0.39, 0.29) is 17.9 Å². The molecule has 1 aromatic heterocycles. The van der Waals surface area contributed by atoms with Crippen LogP contribution >= 0.6 is 11.3 Å². The summed E-state index contributed by atoms with van der Waals surface area (Å²) in [7, 11) is 1.43. The molecule has 0 saturated heterocycles. The molecule has 3 nitrogen and oxygen atoms in total. The third-order valence-electron chi connectivity index (χ3n) is 2.99. The zero-order valence-corrected chi connectivity index (χ0v) is 11.8. The Morgan fingerprint density at radius 1 is 1.41 bits per heavy atom. The summed E-state index contributed by atoms with van der Waals surface area (Å²) in [5.74, 6) is -0.281. The highest BCUT2D eigenvalue weighted by Gasteiger charge is 2.20. The van der Waals surface area contributed by atoms with E-state index in [2.05, 4.69) is 24.4 Å². The summed E-state index contributed by atoms with van der Waals surface area (Å²) in [6.45, 7) is 6.86. The van der Waals surface area contributed by atoms with Crippen LogP contribution in [0.1, 0.15) is 30.5 Å². The van der Waals surface area contributed by atoms with Gasteiger partial charge in [-0.05, 0) is 25.5 Å². The fourth-order valence-electron chi connectivity index (χ4n) is 1.54. The van der Waals surface area contributed by atoms with Gasteiger partial charge in [0.2, 0.25) is 0 Å². The van der Waals surface area contributed by atoms with Crippen molar-refractivity contribution >= 4 is 17.3 Å². The topological polar surface area (TPSA) is 38.3 Å². The molecule has 96 valence electrons. The maximum Gasteiger partial charge on any atom is 0.309 e. The third kappa shape index (κ3) is 4.13. The Labute approximate surface area is 107 Å². The van der Waals surface area contributed by atoms with Crippen molar-refractivity contribution in [1.82, 2.24) is 5.32 Å². The van der Waals surface area contributed by atoms with Crippen molar-refractivity contribution < 1.29 is 9.53 Å². The molecule has 0 aromatic carbocycles. The lowest BCUT2D eigenvalue weighted by molar-refractivity contribution is -0.145. The second-order valence-corrected chi connectivity index (χ2v) is 5.46. The summed E-state index contributed by atoms with van der Waals surface area (Å²) in [5.41, 5.74) is 0. The number of thiophene rings is 1. The monoisotopic (exact) mass is 255 g/mol. The predicted octanol–water partition coefficient (Wildman–Crippen LogP) is 2.60. The van der Waals surface area contributed by atoms with E-state index in [0.29, 0.717) is 0 Å². The summed E-state index contributed by atoms with van der Waals surface area (Å²) >= 11 is 1.82. The van der Waals surface area contributed by atoms with Gasteiger partial charge in [0.15, 0.2) is 0 Å². The summed E-state index contributed by atoms with van der Waals surface area (Å²) in [6, 6.07) is 4.43. The third-order valence-corrected chi connectivity index (χ3v) is 4.22. The second-order valence-electron chi connectivity index (χ2n) is 4.20. The van der Waals surface area contributed by atoms with Gasteiger partial charge >= 0.3 is 5.97 Å². The molecule has 0 fully saturated rings. The summed E-state index contributed by atoms with van der Waals surface area (Å²) in [5, 5.41) is 3.36. The number of hydrogen-bond acceptors (Lipinski definition) is 4. The van der Waals surface area contributed by atoms with E-state index in [1.165, 1.54) is 16.9 Å². The van der Waals surface area contributed by atoms with E-state index in [1.807, 2.05) is 25.2 Å². The molecule has 0 spiro atoms. The summed E-state index contributed by atoms with van der Waals surface area (Å²) in [6.07, 6.45) is 1.08. The largest absolute Gasteiger partial charge is 0.469 e. The van der Waals surface area contributed by atoms with Crippen LogP contribution in [0, 0.1) is 5.92 Å². The molecule has 0 radical (unpaired) electrons. The number of esters is 1. The van der Waals surface area contributed by atoms with Crippen LogP contribution in [0.2, 0.25) is 0 Å². The van der Waals surface area contributed by atoms with E-state index in [9.17, 15) is 4.79 Å². The van der Waals surface area contributed by atoms with Gasteiger partial charge in [-0.15, -0.1) is 11.3 Å². The molecule has 2 unspecified atom stereocenters. The van der Waals surface area contributed by atoms with Gasteiger partial charge in [-0.1, -0.05) is 13.8 Å². The number of hydrogen-bond donors (Lipinski definition) is 1. The highest BCUT2D eigenvalue weighted by Crippen LogP contribution is 2.17. The predicted molar refractivity (Wildman–Crippen MR) is 71.2 cm³/mol. The van der Waals surface area contributed by atoms with Crippen LogP contribution in [0.3, 0.4) is 0 Å². The SMILES string of the molecule is CCc1ccc(CNC(C)C(C)C(=O)OC)s1. The molecule has 0 saturated carbocycles. The fraction of sp³-hybridized carbons (Fsp3) is 0.615. The van der Waals surface area contributed by atoms with Crippen molar-refractivity contribution in [2.45, 2.75) is 39.8 Å². The molecule has 1 aromatic rings. The minimum atomic E-state index is -0.162. The second kappa shape index (κ2) is 6.77. The molecular weight excluding hydrogens is 234 g/mol. The van der Waals surface area contributed by atoms with Gasteiger partial charge in [0, 0.05) is 22.3 Å². The molecule has 0 aliphatic carbocycles. The molecule has 0 amide bonds. The van der Waals surface area contributed by atoms with Crippen molar-refractivity contribution in [2.75, 3.05) is 7.11 Å². The highest BCUT2D eigenvalue weighted by atomic mass is 32.1. The first-order valence-corrected chi connectivity index (χ1v) is 6.79. The van der Waals surface area contributed by atoms with Crippen LogP contribution < -0.4 is 5.32 Å². The number of ether oxygens (including phenoxy) is 1. The van der Waals surface area contributed by atoms with Crippen LogP contribution in [0.15, 0.2) is 12.1 Å². The van der Waals surface area contributed by atoms with Gasteiger partial charge in [0.1, 0.15) is 0 Å². The maximum absolute atomic E-state index is 11.4. The standard InChI is InChI=1S/C13H21NO2S/c1-5-11-6-7-12(17-11)8-14-10(3)9(2)13(15)16-4/h6-7,9-10,14H,5,8H2,1-4H3. The Bertz CT molecular complexity index is 362. The first-order valence-electron chi connectivity index (χ1n) is 5.97. The number of methoxy groups -OCH3 is 1. The van der Waals surface area contributed by atoms with Crippen molar-refractivity contribution in [2.24, 2.45) is 5.92 Å². The summed E-state index contributed by atoms with van der Waals surface area (Å²) < 4.78 is 4.73. The van der Waals surface area contributed by atoms with E-state index < -0.39 is 0 Å². The number of carbonyl (C=O) groups excluding carboxylic acids is 1. The molecule has 2 atom stereocenters. The minimum absolute atomic E-state index is 0.120. The van der Waals surface area contributed by atoms with E-state index >= 15 is 0 Å². The van der Waals surface area contributed by atoms with Crippen LogP contribution in [0.4, 0.5) is 0 Å². The average molecular weight is 255 g/mol. The van der Waals surface area contributed by atoms with Crippen LogP contribution in [-0.4, -0.2) is 19.1 Å². The van der Waals surface area contributed by atoms with Crippen molar-refractivity contribution in [3.8, 4) is 0 Å². The summed E-state index contributed by atoms with van der Waals surface area (Å²) in [4.78, 5) is 14.1. The Balaban J connectivity index is 2.42. The number of aryl methyl sites for hydroxylation is 1. The van der Waals surface area contributed by atoms with Gasteiger partial charge in [-0.25, -0.2) is 0 Å². The molecule has 4 heteroatoms. The molecule has 0 bridgehead atoms. The van der Waals surface area contributed by atoms with Gasteiger partial charge in [0.05, 0.1) is 13.0 Å². The Kier molecular flexibility index (Phi) is 5.65. The quantitative estimate of drug-likeness (QED) is 0.794. The maximum atomic E-state index is 11.4. The van der Waals surface area contributed by atoms with Gasteiger partial charge in [-0.3, -0.25) is 4.79 Å². The molecule has 0 aliphatic heterocycles. The van der Waals surface area contributed by atoms with Crippen molar-refractivity contribution in [3.05, 3.63) is 21.9 Å². The minimum Gasteiger partial charge on any atom is -0.469 e. The molecule has 17 heavy (non-hydrogen) atoms. The van der Waals surface area contributed by atoms with Crippen LogP contribution in [0.5, 0.6) is 0 Å². The Morgan fingerprint density at radius 3 is 2.59 bits per heavy atom. The first kappa shape index (κ1) is 14.2. The zero-order valence-electron chi connectivity index (χ0n) is 10.9. The zero-order chi connectivity index (χ0) is 12.8. The number of carbonyl (C=O) groups is 1. The van der Waals surface area contributed by atoms with E-state index in [1.54, 1.807) is 0 Å². The molecular formula is C13H21NO2S.